The zero-order valence-corrected chi connectivity index (χ0v) is 7.75. The minimum absolute atomic E-state index is 0.454. The van der Waals surface area contributed by atoms with Crippen LogP contribution >= 0.6 is 0 Å². The molecule has 1 rings (SSSR count). The lowest BCUT2D eigenvalue weighted by atomic mass is 9.95. The average Bonchev–Trinajstić information content (AvgIpc) is 2.13. The van der Waals surface area contributed by atoms with Crippen LogP contribution in [0.5, 0.6) is 0 Å². The van der Waals surface area contributed by atoms with Crippen molar-refractivity contribution in [2.24, 2.45) is 5.73 Å². The summed E-state index contributed by atoms with van der Waals surface area (Å²) in [5.41, 5.74) is 3.92. The van der Waals surface area contributed by atoms with Crippen LogP contribution in [0.25, 0.3) is 0 Å². The Balaban J connectivity index is 2.60. The molecule has 0 spiro atoms. The smallest absolute Gasteiger partial charge is 0.404 e. The van der Waals surface area contributed by atoms with Gasteiger partial charge in [-0.25, -0.2) is 4.79 Å². The Hall–Kier alpha value is -0.810. The molecule has 5 nitrogen and oxygen atoms in total. The van der Waals surface area contributed by atoms with Crippen LogP contribution in [0.15, 0.2) is 0 Å². The second-order valence-corrected chi connectivity index (χ2v) is 3.59. The molecule has 1 heterocycles. The largest absolute Gasteiger partial charge is 0.442 e. The Kier molecular flexibility index (Phi) is 3.11. The van der Waals surface area contributed by atoms with Gasteiger partial charge in [-0.05, 0) is 26.3 Å². The van der Waals surface area contributed by atoms with E-state index in [2.05, 4.69) is 5.32 Å². The Bertz CT molecular complexity index is 194. The van der Waals surface area contributed by atoms with Crippen molar-refractivity contribution in [3.63, 3.8) is 0 Å². The molecule has 0 radical (unpaired) electrons. The van der Waals surface area contributed by atoms with E-state index in [1.165, 1.54) is 0 Å². The van der Waals surface area contributed by atoms with E-state index in [1.54, 1.807) is 6.92 Å². The summed E-state index contributed by atoms with van der Waals surface area (Å²) < 4.78 is 4.81. The van der Waals surface area contributed by atoms with E-state index in [9.17, 15) is 9.90 Å². The zero-order valence-electron chi connectivity index (χ0n) is 7.75. The van der Waals surface area contributed by atoms with Crippen LogP contribution in [0.3, 0.4) is 0 Å². The Morgan fingerprint density at radius 1 is 1.77 bits per heavy atom. The van der Waals surface area contributed by atoms with E-state index in [0.29, 0.717) is 13.0 Å². The Morgan fingerprint density at radius 2 is 2.46 bits per heavy atom. The molecule has 0 aliphatic carbocycles. The molecule has 76 valence electrons. The lowest BCUT2D eigenvalue weighted by Gasteiger charge is -2.29. The Morgan fingerprint density at radius 3 is 3.08 bits per heavy atom. The van der Waals surface area contributed by atoms with Gasteiger partial charge in [-0.3, -0.25) is 0 Å². The number of ether oxygens (including phenoxy) is 1. The van der Waals surface area contributed by atoms with E-state index in [1.807, 2.05) is 0 Å². The summed E-state index contributed by atoms with van der Waals surface area (Å²) in [5, 5.41) is 13.0. The second-order valence-electron chi connectivity index (χ2n) is 3.59. The highest BCUT2D eigenvalue weighted by Gasteiger charge is 2.35. The fourth-order valence-electron chi connectivity index (χ4n) is 1.49. The average molecular weight is 188 g/mol. The molecular weight excluding hydrogens is 172 g/mol. The highest BCUT2D eigenvalue weighted by atomic mass is 16.6. The summed E-state index contributed by atoms with van der Waals surface area (Å²) in [6.07, 6.45) is 0.0882. The first-order chi connectivity index (χ1) is 6.02. The second kappa shape index (κ2) is 3.93. The highest BCUT2D eigenvalue weighted by molar-refractivity contribution is 5.65. The molecule has 0 aromatic rings. The summed E-state index contributed by atoms with van der Waals surface area (Å²) in [7, 11) is 0. The topological polar surface area (TPSA) is 84.6 Å². The minimum Gasteiger partial charge on any atom is -0.442 e. The van der Waals surface area contributed by atoms with Gasteiger partial charge in [-0.1, -0.05) is 0 Å². The first-order valence-corrected chi connectivity index (χ1v) is 4.41. The van der Waals surface area contributed by atoms with E-state index < -0.39 is 17.8 Å². The normalized spacial score (nSPS) is 35.1. The molecule has 1 amide bonds. The van der Waals surface area contributed by atoms with E-state index in [4.69, 9.17) is 10.5 Å². The molecule has 0 saturated carbocycles. The molecule has 1 aliphatic rings. The van der Waals surface area contributed by atoms with Crippen molar-refractivity contribution in [1.29, 1.82) is 0 Å². The van der Waals surface area contributed by atoms with Crippen LogP contribution in [-0.4, -0.2) is 36.0 Å². The number of nitrogens with two attached hydrogens (primary N) is 1. The molecule has 0 bridgehead atoms. The number of nitrogens with one attached hydrogen (secondary N) is 1. The molecule has 0 aromatic heterocycles. The van der Waals surface area contributed by atoms with Crippen molar-refractivity contribution in [1.82, 2.24) is 5.32 Å². The van der Waals surface area contributed by atoms with Gasteiger partial charge in [0.25, 0.3) is 0 Å². The molecule has 1 aliphatic heterocycles. The fourth-order valence-corrected chi connectivity index (χ4v) is 1.49. The third kappa shape index (κ3) is 2.86. The lowest BCUT2D eigenvalue weighted by molar-refractivity contribution is -0.0633. The molecule has 13 heavy (non-hydrogen) atoms. The lowest BCUT2D eigenvalue weighted by Crippen LogP contribution is -2.46. The fraction of sp³-hybridized carbons (Fsp3) is 0.875. The third-order valence-corrected chi connectivity index (χ3v) is 2.32. The summed E-state index contributed by atoms with van der Waals surface area (Å²) >= 11 is 0. The van der Waals surface area contributed by atoms with E-state index in [0.717, 1.165) is 13.0 Å². The number of rotatable bonds is 1. The molecule has 1 saturated heterocycles. The summed E-state index contributed by atoms with van der Waals surface area (Å²) in [6.45, 7) is 2.94. The monoisotopic (exact) mass is 188 g/mol. The standard InChI is InChI=1S/C8H16N2O3/c1-8(12)3-2-4-10-5-6(8)13-7(9)11/h6,10,12H,2-5H2,1H3,(H2,9,11)/t6-,8+/m1/s1. The zero-order chi connectivity index (χ0) is 9.90. The van der Waals surface area contributed by atoms with Crippen molar-refractivity contribution < 1.29 is 14.6 Å². The maximum Gasteiger partial charge on any atom is 0.404 e. The number of carbonyl (C=O) groups is 1. The quantitative estimate of drug-likeness (QED) is 0.522. The van der Waals surface area contributed by atoms with Gasteiger partial charge in [-0.15, -0.1) is 0 Å². The number of hydrogen-bond donors (Lipinski definition) is 3. The molecule has 0 unspecified atom stereocenters. The molecule has 0 aromatic carbocycles. The minimum atomic E-state index is -0.974. The van der Waals surface area contributed by atoms with Gasteiger partial charge >= 0.3 is 6.09 Å². The van der Waals surface area contributed by atoms with Crippen molar-refractivity contribution >= 4 is 6.09 Å². The van der Waals surface area contributed by atoms with Crippen molar-refractivity contribution in [3.8, 4) is 0 Å². The predicted molar refractivity (Wildman–Crippen MR) is 47.2 cm³/mol. The van der Waals surface area contributed by atoms with Gasteiger partial charge in [0.05, 0.1) is 0 Å². The van der Waals surface area contributed by atoms with Crippen LogP contribution in [0.2, 0.25) is 0 Å². The number of hydrogen-bond acceptors (Lipinski definition) is 4. The maximum atomic E-state index is 10.5. The van der Waals surface area contributed by atoms with E-state index in [-0.39, 0.29) is 0 Å². The molecule has 5 heteroatoms. The molecule has 1 fully saturated rings. The van der Waals surface area contributed by atoms with Gasteiger partial charge in [0.2, 0.25) is 0 Å². The SMILES string of the molecule is C[C@]1(O)CCCNC[C@H]1OC(N)=O. The summed E-state index contributed by atoms with van der Waals surface area (Å²) in [5.74, 6) is 0. The molecule has 4 N–H and O–H groups in total. The first-order valence-electron chi connectivity index (χ1n) is 4.41. The summed E-state index contributed by atoms with van der Waals surface area (Å²) in [6, 6.07) is 0. The van der Waals surface area contributed by atoms with Crippen molar-refractivity contribution in [3.05, 3.63) is 0 Å². The van der Waals surface area contributed by atoms with Crippen LogP contribution < -0.4 is 11.1 Å². The summed E-state index contributed by atoms with van der Waals surface area (Å²) in [4.78, 5) is 10.5. The number of amides is 1. The number of aliphatic hydroxyl groups is 1. The predicted octanol–water partition coefficient (Wildman–Crippen LogP) is -0.415. The van der Waals surface area contributed by atoms with Crippen LogP contribution in [0, 0.1) is 0 Å². The van der Waals surface area contributed by atoms with Crippen LogP contribution in [0.4, 0.5) is 4.79 Å². The highest BCUT2D eigenvalue weighted by Crippen LogP contribution is 2.21. The number of primary amides is 1. The third-order valence-electron chi connectivity index (χ3n) is 2.32. The number of carbonyl (C=O) groups excluding carboxylic acids is 1. The maximum absolute atomic E-state index is 10.5. The van der Waals surface area contributed by atoms with E-state index >= 15 is 0 Å². The Labute approximate surface area is 77.2 Å². The van der Waals surface area contributed by atoms with Crippen molar-refractivity contribution in [2.75, 3.05) is 13.1 Å². The van der Waals surface area contributed by atoms with Gasteiger partial charge in [0.1, 0.15) is 11.7 Å². The van der Waals surface area contributed by atoms with Gasteiger partial charge < -0.3 is 20.9 Å². The van der Waals surface area contributed by atoms with Crippen molar-refractivity contribution in [2.45, 2.75) is 31.5 Å². The van der Waals surface area contributed by atoms with Crippen LogP contribution in [0.1, 0.15) is 19.8 Å². The van der Waals surface area contributed by atoms with Gasteiger partial charge in [-0.2, -0.15) is 0 Å². The van der Waals surface area contributed by atoms with Gasteiger partial charge in [0, 0.05) is 6.54 Å². The molecule has 2 atom stereocenters. The first kappa shape index (κ1) is 10.3. The van der Waals surface area contributed by atoms with Gasteiger partial charge in [0.15, 0.2) is 0 Å². The molecular formula is C8H16N2O3. The van der Waals surface area contributed by atoms with Crippen LogP contribution in [-0.2, 0) is 4.74 Å².